The van der Waals surface area contributed by atoms with E-state index in [0.29, 0.717) is 11.8 Å². The molecule has 1 saturated carbocycles. The van der Waals surface area contributed by atoms with Crippen molar-refractivity contribution >= 4 is 6.09 Å². The van der Waals surface area contributed by atoms with E-state index < -0.39 is 5.60 Å². The van der Waals surface area contributed by atoms with Crippen LogP contribution in [-0.4, -0.2) is 30.3 Å². The highest BCUT2D eigenvalue weighted by atomic mass is 16.6. The molecule has 18 heavy (non-hydrogen) atoms. The van der Waals surface area contributed by atoms with Crippen molar-refractivity contribution in [1.82, 2.24) is 10.6 Å². The van der Waals surface area contributed by atoms with E-state index in [0.717, 1.165) is 32.4 Å². The molecule has 1 saturated heterocycles. The number of hydrogen-bond donors (Lipinski definition) is 2. The number of piperidine rings is 1. The van der Waals surface area contributed by atoms with Gasteiger partial charge in [0.25, 0.3) is 0 Å². The van der Waals surface area contributed by atoms with Crippen molar-refractivity contribution in [3.05, 3.63) is 0 Å². The second-order valence-corrected chi connectivity index (χ2v) is 6.80. The van der Waals surface area contributed by atoms with Crippen LogP contribution in [0.5, 0.6) is 0 Å². The summed E-state index contributed by atoms with van der Waals surface area (Å²) in [4.78, 5) is 12.0. The molecule has 0 aromatic rings. The molecule has 104 valence electrons. The van der Waals surface area contributed by atoms with Gasteiger partial charge in [0.1, 0.15) is 5.60 Å². The SMILES string of the molecule is CC1CC1(NC(=O)OC(C)(C)C)C1CCNCC1. The summed E-state index contributed by atoms with van der Waals surface area (Å²) >= 11 is 0. The van der Waals surface area contributed by atoms with Crippen molar-refractivity contribution in [3.63, 3.8) is 0 Å². The van der Waals surface area contributed by atoms with Gasteiger partial charge in [-0.25, -0.2) is 4.79 Å². The zero-order valence-electron chi connectivity index (χ0n) is 12.0. The summed E-state index contributed by atoms with van der Waals surface area (Å²) in [6, 6.07) is 0. The highest BCUT2D eigenvalue weighted by Gasteiger charge is 2.57. The van der Waals surface area contributed by atoms with Crippen LogP contribution in [0.15, 0.2) is 0 Å². The molecule has 2 atom stereocenters. The maximum Gasteiger partial charge on any atom is 0.408 e. The maximum absolute atomic E-state index is 12.0. The third kappa shape index (κ3) is 2.97. The Labute approximate surface area is 110 Å². The fraction of sp³-hybridized carbons (Fsp3) is 0.929. The van der Waals surface area contributed by atoms with Crippen LogP contribution in [0.25, 0.3) is 0 Å². The van der Waals surface area contributed by atoms with Crippen LogP contribution in [0.1, 0.15) is 47.0 Å². The summed E-state index contributed by atoms with van der Waals surface area (Å²) in [7, 11) is 0. The van der Waals surface area contributed by atoms with Gasteiger partial charge < -0.3 is 15.4 Å². The third-order valence-electron chi connectivity index (χ3n) is 4.16. The number of carbonyl (C=O) groups excluding carboxylic acids is 1. The summed E-state index contributed by atoms with van der Waals surface area (Å²) in [5.74, 6) is 1.18. The molecule has 1 aliphatic heterocycles. The van der Waals surface area contributed by atoms with Gasteiger partial charge >= 0.3 is 6.09 Å². The number of alkyl carbamates (subject to hydrolysis) is 1. The molecule has 2 fully saturated rings. The minimum Gasteiger partial charge on any atom is -0.444 e. The van der Waals surface area contributed by atoms with E-state index in [9.17, 15) is 4.79 Å². The second-order valence-electron chi connectivity index (χ2n) is 6.80. The monoisotopic (exact) mass is 254 g/mol. The van der Waals surface area contributed by atoms with Crippen molar-refractivity contribution in [2.24, 2.45) is 11.8 Å². The molecular weight excluding hydrogens is 228 g/mol. The molecule has 1 amide bonds. The lowest BCUT2D eigenvalue weighted by molar-refractivity contribution is 0.0457. The van der Waals surface area contributed by atoms with Crippen LogP contribution in [0.4, 0.5) is 4.79 Å². The van der Waals surface area contributed by atoms with Gasteiger partial charge in [-0.05, 0) is 65.0 Å². The molecule has 2 rings (SSSR count). The largest absolute Gasteiger partial charge is 0.444 e. The van der Waals surface area contributed by atoms with Gasteiger partial charge in [0, 0.05) is 5.54 Å². The Morgan fingerprint density at radius 2 is 1.89 bits per heavy atom. The summed E-state index contributed by atoms with van der Waals surface area (Å²) in [5.41, 5.74) is -0.415. The molecular formula is C14H26N2O2. The van der Waals surface area contributed by atoms with Crippen molar-refractivity contribution in [2.45, 2.75) is 58.1 Å². The first-order chi connectivity index (χ1) is 8.33. The maximum atomic E-state index is 12.0. The molecule has 2 N–H and O–H groups in total. The van der Waals surface area contributed by atoms with E-state index in [-0.39, 0.29) is 11.6 Å². The zero-order chi connectivity index (χ0) is 13.4. The average molecular weight is 254 g/mol. The highest BCUT2D eigenvalue weighted by Crippen LogP contribution is 2.51. The predicted octanol–water partition coefficient (Wildman–Crippen LogP) is 2.29. The van der Waals surface area contributed by atoms with Gasteiger partial charge in [-0.1, -0.05) is 6.92 Å². The van der Waals surface area contributed by atoms with E-state index in [1.807, 2.05) is 20.8 Å². The number of amides is 1. The van der Waals surface area contributed by atoms with Crippen LogP contribution in [0.3, 0.4) is 0 Å². The van der Waals surface area contributed by atoms with Crippen LogP contribution in [-0.2, 0) is 4.74 Å². The van der Waals surface area contributed by atoms with Crippen LogP contribution < -0.4 is 10.6 Å². The molecule has 0 radical (unpaired) electrons. The summed E-state index contributed by atoms with van der Waals surface area (Å²) in [6.07, 6.45) is 3.14. The molecule has 0 bridgehead atoms. The Morgan fingerprint density at radius 1 is 1.33 bits per heavy atom. The predicted molar refractivity (Wildman–Crippen MR) is 71.5 cm³/mol. The molecule has 1 aliphatic carbocycles. The van der Waals surface area contributed by atoms with Gasteiger partial charge in [-0.2, -0.15) is 0 Å². The molecule has 0 aromatic carbocycles. The van der Waals surface area contributed by atoms with Crippen LogP contribution in [0, 0.1) is 11.8 Å². The Balaban J connectivity index is 1.94. The number of carbonyl (C=O) groups is 1. The first kappa shape index (κ1) is 13.7. The van der Waals surface area contributed by atoms with Crippen LogP contribution >= 0.6 is 0 Å². The van der Waals surface area contributed by atoms with Gasteiger partial charge in [0.2, 0.25) is 0 Å². The first-order valence-electron chi connectivity index (χ1n) is 7.05. The smallest absolute Gasteiger partial charge is 0.408 e. The topological polar surface area (TPSA) is 50.4 Å². The van der Waals surface area contributed by atoms with E-state index in [2.05, 4.69) is 17.6 Å². The molecule has 4 heteroatoms. The van der Waals surface area contributed by atoms with Crippen molar-refractivity contribution < 1.29 is 9.53 Å². The quantitative estimate of drug-likeness (QED) is 0.795. The molecule has 2 unspecified atom stereocenters. The minimum atomic E-state index is -0.419. The van der Waals surface area contributed by atoms with Crippen molar-refractivity contribution in [1.29, 1.82) is 0 Å². The normalized spacial score (nSPS) is 33.0. The number of rotatable bonds is 2. The van der Waals surface area contributed by atoms with E-state index in [4.69, 9.17) is 4.74 Å². The van der Waals surface area contributed by atoms with Gasteiger partial charge in [-0.3, -0.25) is 0 Å². The Kier molecular flexibility index (Phi) is 3.58. The lowest BCUT2D eigenvalue weighted by Gasteiger charge is -2.33. The summed E-state index contributed by atoms with van der Waals surface area (Å²) < 4.78 is 5.39. The van der Waals surface area contributed by atoms with Gasteiger partial charge in [0.05, 0.1) is 0 Å². The second kappa shape index (κ2) is 4.72. The molecule has 0 aromatic heterocycles. The van der Waals surface area contributed by atoms with Crippen molar-refractivity contribution in [2.75, 3.05) is 13.1 Å². The lowest BCUT2D eigenvalue weighted by Crippen LogP contribution is -2.49. The van der Waals surface area contributed by atoms with Crippen molar-refractivity contribution in [3.8, 4) is 0 Å². The van der Waals surface area contributed by atoms with Crippen LogP contribution in [0.2, 0.25) is 0 Å². The Bertz CT molecular complexity index is 318. The highest BCUT2D eigenvalue weighted by molar-refractivity contribution is 5.69. The van der Waals surface area contributed by atoms with Gasteiger partial charge in [0.15, 0.2) is 0 Å². The Morgan fingerprint density at radius 3 is 2.33 bits per heavy atom. The first-order valence-corrected chi connectivity index (χ1v) is 7.05. The number of nitrogens with one attached hydrogen (secondary N) is 2. The van der Waals surface area contributed by atoms with E-state index in [1.54, 1.807) is 0 Å². The fourth-order valence-electron chi connectivity index (χ4n) is 3.12. The fourth-order valence-corrected chi connectivity index (χ4v) is 3.12. The lowest BCUT2D eigenvalue weighted by atomic mass is 9.86. The Hall–Kier alpha value is -0.770. The van der Waals surface area contributed by atoms with E-state index >= 15 is 0 Å². The summed E-state index contributed by atoms with van der Waals surface area (Å²) in [5, 5.41) is 6.53. The summed E-state index contributed by atoms with van der Waals surface area (Å²) in [6.45, 7) is 10.1. The standard InChI is InChI=1S/C14H26N2O2/c1-10-9-14(10,11-5-7-15-8-6-11)16-12(17)18-13(2,3)4/h10-11,15H,5-9H2,1-4H3,(H,16,17). The zero-order valence-corrected chi connectivity index (χ0v) is 12.0. The molecule has 0 spiro atoms. The van der Waals surface area contributed by atoms with Gasteiger partial charge in [-0.15, -0.1) is 0 Å². The third-order valence-corrected chi connectivity index (χ3v) is 4.16. The average Bonchev–Trinajstić information content (AvgIpc) is 2.88. The number of hydrogen-bond acceptors (Lipinski definition) is 3. The van der Waals surface area contributed by atoms with E-state index in [1.165, 1.54) is 0 Å². The molecule has 1 heterocycles. The molecule has 2 aliphatic rings. The molecule has 4 nitrogen and oxygen atoms in total. The number of ether oxygens (including phenoxy) is 1. The minimum absolute atomic E-state index is 0.00440.